The van der Waals surface area contributed by atoms with E-state index in [1.54, 1.807) is 36.6 Å². The number of esters is 1. The van der Waals surface area contributed by atoms with Crippen LogP contribution in [0.15, 0.2) is 63.5 Å². The van der Waals surface area contributed by atoms with Gasteiger partial charge in [-0.2, -0.15) is 5.10 Å². The maximum atomic E-state index is 13.7. The predicted octanol–water partition coefficient (Wildman–Crippen LogP) is 4.33. The number of carbonyl (C=O) groups is 2. The van der Waals surface area contributed by atoms with Crippen LogP contribution in [-0.4, -0.2) is 118 Å². The molecule has 0 bridgehead atoms. The molecule has 2 aromatic heterocycles. The predicted molar refractivity (Wildman–Crippen MR) is 230 cm³/mol. The van der Waals surface area contributed by atoms with Crippen LogP contribution < -0.4 is 20.5 Å². The molecule has 63 heavy (non-hydrogen) atoms. The topological polar surface area (TPSA) is 236 Å². The zero-order valence-corrected chi connectivity index (χ0v) is 35.8. The molecule has 2 aliphatic heterocycles. The first kappa shape index (κ1) is 46.6. The average molecular weight is 872 g/mol. The van der Waals surface area contributed by atoms with Gasteiger partial charge in [0.25, 0.3) is 11.5 Å². The molecule has 2 N–H and O–H groups in total. The lowest BCUT2D eigenvalue weighted by Crippen LogP contribution is -2.44. The lowest BCUT2D eigenvalue weighted by molar-refractivity contribution is -0.172. The number of aliphatic hydroxyl groups is 1. The summed E-state index contributed by atoms with van der Waals surface area (Å²) < 4.78 is 45.9. The number of hydrazone groups is 1. The molecule has 4 heterocycles. The molecule has 0 fully saturated rings. The second kappa shape index (κ2) is 23.0. The summed E-state index contributed by atoms with van der Waals surface area (Å²) in [4.78, 5) is 46.7. The van der Waals surface area contributed by atoms with Gasteiger partial charge in [-0.25, -0.2) is 15.2 Å². The van der Waals surface area contributed by atoms with Crippen molar-refractivity contribution >= 4 is 28.5 Å². The normalized spacial score (nSPS) is 15.3. The van der Waals surface area contributed by atoms with Gasteiger partial charge in [0.2, 0.25) is 0 Å². The maximum absolute atomic E-state index is 13.7. The number of nitrogens with one attached hydrogen (secondary N) is 1. The number of cyclic esters (lactones) is 1. The van der Waals surface area contributed by atoms with Gasteiger partial charge in [-0.3, -0.25) is 9.59 Å². The lowest BCUT2D eigenvalue weighted by Gasteiger charge is -2.31. The zero-order chi connectivity index (χ0) is 44.6. The molecule has 1 atom stereocenters. The smallest absolute Gasteiger partial charge is 0.343 e. The van der Waals surface area contributed by atoms with Crippen LogP contribution in [0.1, 0.15) is 55.0 Å². The van der Waals surface area contributed by atoms with E-state index < -0.39 is 17.5 Å². The highest BCUT2D eigenvalue weighted by atomic mass is 16.6. The van der Waals surface area contributed by atoms with Gasteiger partial charge in [-0.1, -0.05) is 31.1 Å². The van der Waals surface area contributed by atoms with Gasteiger partial charge in [-0.15, -0.1) is 0 Å². The van der Waals surface area contributed by atoms with Crippen molar-refractivity contribution in [3.63, 3.8) is 0 Å². The number of amides is 1. The molecule has 6 rings (SSSR count). The van der Waals surface area contributed by atoms with Crippen molar-refractivity contribution < 1.29 is 52.6 Å². The summed E-state index contributed by atoms with van der Waals surface area (Å²) in [6.45, 7) is 9.97. The van der Waals surface area contributed by atoms with Crippen molar-refractivity contribution in [2.24, 2.45) is 10.2 Å². The van der Waals surface area contributed by atoms with E-state index in [1.807, 2.05) is 37.3 Å². The number of aromatic nitrogens is 2. The number of fused-ring (bicyclic) bond motifs is 5. The molecule has 2 aliphatic rings. The number of aryl methyl sites for hydroxylation is 1. The number of para-hydroxylation sites is 1. The summed E-state index contributed by atoms with van der Waals surface area (Å²) in [6, 6.07) is 14.4. The minimum atomic E-state index is -1.91. The Morgan fingerprint density at radius 3 is 2.24 bits per heavy atom. The number of benzene rings is 2. The molecule has 2 aromatic carbocycles. The molecule has 0 radical (unpaired) electrons. The Bertz CT molecular complexity index is 2380. The van der Waals surface area contributed by atoms with E-state index in [0.29, 0.717) is 125 Å². The number of rotatable bonds is 26. The fourth-order valence-corrected chi connectivity index (χ4v) is 7.26. The fraction of sp³-hybridized carbons (Fsp3) is 0.477. The van der Waals surface area contributed by atoms with Crippen LogP contribution in [0.2, 0.25) is 0 Å². The van der Waals surface area contributed by atoms with Crippen LogP contribution in [0, 0.1) is 0 Å². The molecule has 19 heteroatoms. The molecule has 336 valence electrons. The maximum Gasteiger partial charge on any atom is 0.343 e. The highest BCUT2D eigenvalue weighted by Crippen LogP contribution is 2.40. The number of nitrogens with zero attached hydrogens (tertiary/aromatic N) is 6. The summed E-state index contributed by atoms with van der Waals surface area (Å²) in [5.41, 5.74) is 14.0. The molecule has 0 spiro atoms. The summed E-state index contributed by atoms with van der Waals surface area (Å²) in [6.07, 6.45) is 0.694. The zero-order valence-electron chi connectivity index (χ0n) is 35.8. The molecular weight excluding hydrogens is 819 g/mol. The van der Waals surface area contributed by atoms with Crippen LogP contribution in [0.25, 0.3) is 32.7 Å². The number of hydrogen-bond acceptors (Lipinski definition) is 15. The van der Waals surface area contributed by atoms with E-state index >= 15 is 0 Å². The van der Waals surface area contributed by atoms with Gasteiger partial charge in [0.1, 0.15) is 24.7 Å². The number of ether oxygens (including phenoxy) is 8. The van der Waals surface area contributed by atoms with Crippen molar-refractivity contribution in [3.05, 3.63) is 97.1 Å². The van der Waals surface area contributed by atoms with E-state index in [4.69, 9.17) is 48.4 Å². The Morgan fingerprint density at radius 2 is 1.57 bits per heavy atom. The van der Waals surface area contributed by atoms with Crippen LogP contribution in [0.5, 0.6) is 11.5 Å². The first-order chi connectivity index (χ1) is 30.7. The minimum Gasteiger partial charge on any atom is -0.490 e. The van der Waals surface area contributed by atoms with Gasteiger partial charge in [0.15, 0.2) is 12.2 Å². The molecule has 0 saturated carbocycles. The monoisotopic (exact) mass is 871 g/mol. The third-order valence-corrected chi connectivity index (χ3v) is 10.5. The summed E-state index contributed by atoms with van der Waals surface area (Å²) in [5, 5.41) is 19.7. The summed E-state index contributed by atoms with van der Waals surface area (Å²) in [7, 11) is 0. The molecule has 1 amide bonds. The molecule has 0 saturated heterocycles. The Morgan fingerprint density at radius 1 is 0.905 bits per heavy atom. The second-order valence-electron chi connectivity index (χ2n) is 14.4. The van der Waals surface area contributed by atoms with Gasteiger partial charge in [0, 0.05) is 33.5 Å². The van der Waals surface area contributed by atoms with E-state index in [9.17, 15) is 19.5 Å². The third-order valence-electron chi connectivity index (χ3n) is 10.5. The molecule has 19 nitrogen and oxygen atoms in total. The number of hydrogen-bond donors (Lipinski definition) is 2. The van der Waals surface area contributed by atoms with E-state index in [1.165, 1.54) is 0 Å². The standard InChI is InChI=1S/C44H53N7O12/c1-4-31-33-24-30(10-11-37(33)47-41-34(31)26-51-38(41)25-36-35(42(51)53)27-63-43(54)44(36,55)5-2)62-28-40(52)49-48-29(3)32-8-6-7-9-39(32)61-23-22-60-21-20-59-19-18-58-17-16-57-15-14-56-13-12-46-50-45/h6-11,24-25,55H,4-5,12-23,26-28H2,1-3H3,(H,49,52)/b48-29-. The van der Waals surface area contributed by atoms with Crippen molar-refractivity contribution in [2.45, 2.75) is 52.4 Å². The second-order valence-corrected chi connectivity index (χ2v) is 14.4. The van der Waals surface area contributed by atoms with Crippen molar-refractivity contribution in [1.82, 2.24) is 15.0 Å². The summed E-state index contributed by atoms with van der Waals surface area (Å²) in [5.74, 6) is -0.179. The first-order valence-corrected chi connectivity index (χ1v) is 20.9. The van der Waals surface area contributed by atoms with E-state index in [-0.39, 0.29) is 42.9 Å². The van der Waals surface area contributed by atoms with E-state index in [2.05, 4.69) is 20.6 Å². The minimum absolute atomic E-state index is 0.0614. The highest BCUT2D eigenvalue weighted by molar-refractivity contribution is 6.01. The summed E-state index contributed by atoms with van der Waals surface area (Å²) >= 11 is 0. The Hall–Kier alpha value is -5.92. The number of pyridine rings is 2. The number of carbonyl (C=O) groups excluding carboxylic acids is 2. The van der Waals surface area contributed by atoms with Crippen LogP contribution in [0.4, 0.5) is 0 Å². The molecular formula is C44H53N7O12. The van der Waals surface area contributed by atoms with Crippen LogP contribution in [-0.2, 0) is 63.2 Å². The highest BCUT2D eigenvalue weighted by Gasteiger charge is 2.45. The van der Waals surface area contributed by atoms with Crippen molar-refractivity contribution in [3.8, 4) is 22.9 Å². The molecule has 4 aromatic rings. The lowest BCUT2D eigenvalue weighted by atomic mass is 9.86. The van der Waals surface area contributed by atoms with Crippen LogP contribution in [0.3, 0.4) is 0 Å². The van der Waals surface area contributed by atoms with Crippen molar-refractivity contribution in [1.29, 1.82) is 0 Å². The van der Waals surface area contributed by atoms with Gasteiger partial charge in [-0.05, 0) is 67.3 Å². The van der Waals surface area contributed by atoms with Crippen LogP contribution >= 0.6 is 0 Å². The quantitative estimate of drug-likeness (QED) is 0.0150. The van der Waals surface area contributed by atoms with Gasteiger partial charge < -0.3 is 47.6 Å². The Balaban J connectivity index is 0.926. The third kappa shape index (κ3) is 11.6. The van der Waals surface area contributed by atoms with Gasteiger partial charge in [0.05, 0.1) is 101 Å². The first-order valence-electron chi connectivity index (χ1n) is 20.9. The van der Waals surface area contributed by atoms with Crippen molar-refractivity contribution in [2.75, 3.05) is 85.8 Å². The fourth-order valence-electron chi connectivity index (χ4n) is 7.26. The van der Waals surface area contributed by atoms with Gasteiger partial charge >= 0.3 is 5.97 Å². The Kier molecular flexibility index (Phi) is 17.0. The SMILES string of the molecule is CCc1c2c(nc3ccc(OCC(=O)N/N=C(/C)c4ccccc4OCCOCCOCCOCCOCCOCCN=[N+]=[N-])cc13)-c1cc3c(c(=O)n1C2)COC(=O)C3(O)CC. The Labute approximate surface area is 363 Å². The number of azide groups is 1. The molecule has 0 aliphatic carbocycles. The average Bonchev–Trinajstić information content (AvgIpc) is 3.67. The van der Waals surface area contributed by atoms with E-state index in [0.717, 1.165) is 16.5 Å². The largest absolute Gasteiger partial charge is 0.490 e. The molecule has 1 unspecified atom stereocenters.